The quantitative estimate of drug-likeness (QED) is 0.509. The fraction of sp³-hybridized carbons (Fsp3) is 0.571. The summed E-state index contributed by atoms with van der Waals surface area (Å²) in [5.74, 6) is 1.09. The minimum absolute atomic E-state index is 0.0899. The molecule has 0 radical (unpaired) electrons. The predicted molar refractivity (Wildman–Crippen MR) is 118 cm³/mol. The maximum atomic E-state index is 13.1. The number of hydrogen-bond donors (Lipinski definition) is 0. The molecule has 29 heavy (non-hydrogen) atoms. The molecule has 3 unspecified atom stereocenters. The van der Waals surface area contributed by atoms with Gasteiger partial charge in [0.05, 0.1) is 29.3 Å². The van der Waals surface area contributed by atoms with Gasteiger partial charge in [0.1, 0.15) is 0 Å². The Hall–Kier alpha value is -1.57. The third kappa shape index (κ3) is 5.13. The molecule has 0 bridgehead atoms. The zero-order valence-corrected chi connectivity index (χ0v) is 18.9. The smallest absolute Gasteiger partial charge is 0.262 e. The van der Waals surface area contributed by atoms with Crippen molar-refractivity contribution in [2.75, 3.05) is 26.8 Å². The highest BCUT2D eigenvalue weighted by Gasteiger charge is 2.29. The zero-order chi connectivity index (χ0) is 21.1. The van der Waals surface area contributed by atoms with Gasteiger partial charge in [-0.05, 0) is 43.4 Å². The van der Waals surface area contributed by atoms with E-state index in [9.17, 15) is 9.59 Å². The van der Waals surface area contributed by atoms with Gasteiger partial charge in [-0.1, -0.05) is 37.2 Å². The Kier molecular flexibility index (Phi) is 7.24. The van der Waals surface area contributed by atoms with Crippen LogP contribution in [-0.2, 0) is 16.1 Å². The highest BCUT2D eigenvalue weighted by molar-refractivity contribution is 8.00. The van der Waals surface area contributed by atoms with Crippen LogP contribution in [0.4, 0.5) is 0 Å². The van der Waals surface area contributed by atoms with Crippen molar-refractivity contribution in [2.24, 2.45) is 11.8 Å². The van der Waals surface area contributed by atoms with E-state index < -0.39 is 0 Å². The third-order valence-corrected chi connectivity index (χ3v) is 6.52. The Morgan fingerprint density at radius 3 is 2.69 bits per heavy atom. The number of hydrogen-bond acceptors (Lipinski definition) is 5. The molecule has 1 aromatic carbocycles. The number of nitrogens with zero attached hydrogens (tertiary/aromatic N) is 3. The molecule has 0 saturated carbocycles. The number of halogens is 1. The number of amides is 1. The lowest BCUT2D eigenvalue weighted by Crippen LogP contribution is -2.45. The zero-order valence-electron chi connectivity index (χ0n) is 17.4. The summed E-state index contributed by atoms with van der Waals surface area (Å²) >= 11 is 7.42. The first-order valence-corrected chi connectivity index (χ1v) is 11.2. The van der Waals surface area contributed by atoms with E-state index in [-0.39, 0.29) is 16.7 Å². The van der Waals surface area contributed by atoms with Crippen LogP contribution in [0.25, 0.3) is 10.9 Å². The Labute approximate surface area is 180 Å². The molecule has 1 fully saturated rings. The largest absolute Gasteiger partial charge is 0.383 e. The highest BCUT2D eigenvalue weighted by Crippen LogP contribution is 2.28. The first kappa shape index (κ1) is 22.1. The molecule has 158 valence electrons. The number of thioether (sulfide) groups is 1. The molecular weight excluding hydrogens is 410 g/mol. The molecule has 2 heterocycles. The fourth-order valence-electron chi connectivity index (χ4n) is 3.95. The normalized spacial score (nSPS) is 20.8. The van der Waals surface area contributed by atoms with Crippen molar-refractivity contribution in [3.05, 3.63) is 33.6 Å². The molecule has 6 nitrogen and oxygen atoms in total. The summed E-state index contributed by atoms with van der Waals surface area (Å²) in [5, 5.41) is 1.20. The maximum Gasteiger partial charge on any atom is 0.262 e. The lowest BCUT2D eigenvalue weighted by molar-refractivity contribution is -0.132. The van der Waals surface area contributed by atoms with E-state index in [2.05, 4.69) is 18.8 Å². The minimum Gasteiger partial charge on any atom is -0.383 e. The molecule has 0 spiro atoms. The van der Waals surface area contributed by atoms with E-state index in [1.165, 1.54) is 11.8 Å². The van der Waals surface area contributed by atoms with Crippen LogP contribution < -0.4 is 5.56 Å². The summed E-state index contributed by atoms with van der Waals surface area (Å²) in [5.41, 5.74) is 0.393. The van der Waals surface area contributed by atoms with E-state index in [1.807, 2.05) is 11.8 Å². The van der Waals surface area contributed by atoms with Gasteiger partial charge < -0.3 is 9.64 Å². The first-order valence-electron chi connectivity index (χ1n) is 9.94. The Bertz CT molecular complexity index is 939. The Balaban J connectivity index is 1.90. The van der Waals surface area contributed by atoms with Gasteiger partial charge in [-0.2, -0.15) is 0 Å². The molecule has 1 aliphatic rings. The molecule has 3 rings (SSSR count). The minimum atomic E-state index is -0.343. The molecule has 3 atom stereocenters. The van der Waals surface area contributed by atoms with Crippen molar-refractivity contribution in [1.29, 1.82) is 0 Å². The maximum absolute atomic E-state index is 13.1. The van der Waals surface area contributed by atoms with E-state index in [0.717, 1.165) is 19.5 Å². The van der Waals surface area contributed by atoms with Crippen LogP contribution in [0, 0.1) is 11.8 Å². The summed E-state index contributed by atoms with van der Waals surface area (Å²) in [6.07, 6.45) is 1.15. The van der Waals surface area contributed by atoms with Gasteiger partial charge in [0, 0.05) is 25.2 Å². The van der Waals surface area contributed by atoms with Crippen LogP contribution in [0.15, 0.2) is 28.2 Å². The van der Waals surface area contributed by atoms with Crippen LogP contribution in [0.3, 0.4) is 0 Å². The molecule has 1 aliphatic heterocycles. The van der Waals surface area contributed by atoms with Crippen LogP contribution in [-0.4, -0.2) is 52.4 Å². The van der Waals surface area contributed by atoms with Gasteiger partial charge in [0.2, 0.25) is 5.91 Å². The number of benzene rings is 1. The molecule has 2 aromatic rings. The number of likely N-dealkylation sites (tertiary alicyclic amines) is 1. The molecular formula is C21H28ClN3O3S. The van der Waals surface area contributed by atoms with Gasteiger partial charge in [0.15, 0.2) is 5.16 Å². The van der Waals surface area contributed by atoms with Crippen molar-refractivity contribution >= 4 is 40.2 Å². The topological polar surface area (TPSA) is 64.4 Å². The monoisotopic (exact) mass is 437 g/mol. The van der Waals surface area contributed by atoms with Crippen LogP contribution >= 0.6 is 23.4 Å². The molecule has 8 heteroatoms. The summed E-state index contributed by atoms with van der Waals surface area (Å²) in [4.78, 5) is 32.7. The van der Waals surface area contributed by atoms with Gasteiger partial charge in [-0.15, -0.1) is 0 Å². The van der Waals surface area contributed by atoms with Crippen LogP contribution in [0.5, 0.6) is 0 Å². The number of piperidine rings is 1. The number of rotatable bonds is 6. The van der Waals surface area contributed by atoms with Crippen LogP contribution in [0.2, 0.25) is 5.02 Å². The standard InChI is InChI=1S/C21H28ClN3O3S/c1-13-9-14(2)12-24(11-13)19(26)15(3)29-21-23-18-10-16(22)5-6-17(18)20(27)25(21)7-8-28-4/h5-6,10,13-15H,7-9,11-12H2,1-4H3. The van der Waals surface area contributed by atoms with E-state index >= 15 is 0 Å². The van der Waals surface area contributed by atoms with Crippen molar-refractivity contribution < 1.29 is 9.53 Å². The van der Waals surface area contributed by atoms with E-state index in [1.54, 1.807) is 29.9 Å². The van der Waals surface area contributed by atoms with E-state index in [0.29, 0.717) is 46.1 Å². The molecule has 1 aromatic heterocycles. The fourth-order valence-corrected chi connectivity index (χ4v) is 5.14. The molecule has 1 amide bonds. The summed E-state index contributed by atoms with van der Waals surface area (Å²) in [6.45, 7) is 8.58. The summed E-state index contributed by atoms with van der Waals surface area (Å²) in [6, 6.07) is 5.06. The second-order valence-electron chi connectivity index (χ2n) is 7.95. The number of aromatic nitrogens is 2. The number of carbonyl (C=O) groups excluding carboxylic acids is 1. The first-order chi connectivity index (χ1) is 13.8. The van der Waals surface area contributed by atoms with Gasteiger partial charge in [-0.25, -0.2) is 4.98 Å². The summed E-state index contributed by atoms with van der Waals surface area (Å²) < 4.78 is 6.76. The van der Waals surface area contributed by atoms with Gasteiger partial charge in [0.25, 0.3) is 5.56 Å². The van der Waals surface area contributed by atoms with Crippen molar-refractivity contribution in [1.82, 2.24) is 14.5 Å². The second kappa shape index (κ2) is 9.49. The second-order valence-corrected chi connectivity index (χ2v) is 9.70. The number of methoxy groups -OCH3 is 1. The molecule has 1 saturated heterocycles. The molecule has 0 aliphatic carbocycles. The number of ether oxygens (including phenoxy) is 1. The Morgan fingerprint density at radius 1 is 1.34 bits per heavy atom. The average molecular weight is 438 g/mol. The average Bonchev–Trinajstić information content (AvgIpc) is 2.66. The van der Waals surface area contributed by atoms with Crippen molar-refractivity contribution in [3.63, 3.8) is 0 Å². The van der Waals surface area contributed by atoms with Crippen molar-refractivity contribution in [2.45, 2.75) is 44.1 Å². The van der Waals surface area contributed by atoms with Gasteiger partial charge in [-0.3, -0.25) is 14.2 Å². The van der Waals surface area contributed by atoms with Gasteiger partial charge >= 0.3 is 0 Å². The Morgan fingerprint density at radius 2 is 2.03 bits per heavy atom. The predicted octanol–water partition coefficient (Wildman–Crippen LogP) is 3.68. The van der Waals surface area contributed by atoms with Crippen molar-refractivity contribution in [3.8, 4) is 0 Å². The highest BCUT2D eigenvalue weighted by atomic mass is 35.5. The van der Waals surface area contributed by atoms with E-state index in [4.69, 9.17) is 16.3 Å². The lowest BCUT2D eigenvalue weighted by Gasteiger charge is -2.36. The third-order valence-electron chi connectivity index (χ3n) is 5.21. The number of fused-ring (bicyclic) bond motifs is 1. The lowest BCUT2D eigenvalue weighted by atomic mass is 9.92. The SMILES string of the molecule is COCCn1c(SC(C)C(=O)N2CC(C)CC(C)C2)nc2cc(Cl)ccc2c1=O. The number of carbonyl (C=O) groups is 1. The molecule has 0 N–H and O–H groups in total. The summed E-state index contributed by atoms with van der Waals surface area (Å²) in [7, 11) is 1.59. The van der Waals surface area contributed by atoms with Crippen LogP contribution in [0.1, 0.15) is 27.2 Å².